The summed E-state index contributed by atoms with van der Waals surface area (Å²) in [6.45, 7) is 2.10. The van der Waals surface area contributed by atoms with Crippen LogP contribution in [0.25, 0.3) is 0 Å². The quantitative estimate of drug-likeness (QED) is 0.462. The van der Waals surface area contributed by atoms with Crippen molar-refractivity contribution >= 4 is 5.78 Å². The minimum Gasteiger partial charge on any atom is -0.295 e. The van der Waals surface area contributed by atoms with E-state index in [0.717, 1.165) is 12.8 Å². The minimum absolute atomic E-state index is 0.281. The number of hydrogen-bond donors (Lipinski definition) is 0. The van der Waals surface area contributed by atoms with Gasteiger partial charge in [-0.2, -0.15) is 0 Å². The lowest BCUT2D eigenvalue weighted by atomic mass is 9.96. The third-order valence-corrected chi connectivity index (χ3v) is 1.39. The third-order valence-electron chi connectivity index (χ3n) is 1.39. The van der Waals surface area contributed by atoms with Crippen molar-refractivity contribution in [1.29, 1.82) is 0 Å². The van der Waals surface area contributed by atoms with Gasteiger partial charge in [-0.15, -0.1) is 0 Å². The van der Waals surface area contributed by atoms with Crippen molar-refractivity contribution < 1.29 is 4.79 Å². The van der Waals surface area contributed by atoms with E-state index < -0.39 is 0 Å². The van der Waals surface area contributed by atoms with Crippen LogP contribution in [0.3, 0.4) is 0 Å². The first kappa shape index (κ1) is 5.54. The Hall–Kier alpha value is -0.590. The van der Waals surface area contributed by atoms with Crippen molar-refractivity contribution in [2.75, 3.05) is 0 Å². The maximum absolute atomic E-state index is 10.6. The number of carbonyl (C=O) groups is 1. The highest BCUT2D eigenvalue weighted by Crippen LogP contribution is 2.13. The fraction of sp³-hybridized carbons (Fsp3) is 0.571. The topological polar surface area (TPSA) is 17.1 Å². The SMILES string of the molecule is C[C@H]1CC=CC(=O)C1. The number of ketones is 1. The molecule has 1 aliphatic rings. The Morgan fingerprint density at radius 1 is 1.75 bits per heavy atom. The van der Waals surface area contributed by atoms with Crippen LogP contribution in [0.1, 0.15) is 19.8 Å². The second-order valence-electron chi connectivity index (χ2n) is 2.41. The first-order valence-electron chi connectivity index (χ1n) is 2.98. The summed E-state index contributed by atoms with van der Waals surface area (Å²) in [7, 11) is 0. The number of carbonyl (C=O) groups excluding carboxylic acids is 1. The average molecular weight is 110 g/mol. The minimum atomic E-state index is 0.281. The Kier molecular flexibility index (Phi) is 1.47. The Bertz CT molecular complexity index is 124. The number of allylic oxidation sites excluding steroid dienone is 2. The smallest absolute Gasteiger partial charge is 0.155 e. The van der Waals surface area contributed by atoms with Crippen LogP contribution in [0.4, 0.5) is 0 Å². The molecule has 0 aliphatic heterocycles. The van der Waals surface area contributed by atoms with Gasteiger partial charge in [0.2, 0.25) is 0 Å². The van der Waals surface area contributed by atoms with Gasteiger partial charge in [-0.25, -0.2) is 0 Å². The summed E-state index contributed by atoms with van der Waals surface area (Å²) in [5.41, 5.74) is 0. The van der Waals surface area contributed by atoms with E-state index in [1.165, 1.54) is 0 Å². The molecule has 0 spiro atoms. The lowest BCUT2D eigenvalue weighted by molar-refractivity contribution is -0.115. The highest BCUT2D eigenvalue weighted by atomic mass is 16.1. The lowest BCUT2D eigenvalue weighted by Gasteiger charge is -2.08. The van der Waals surface area contributed by atoms with Crippen LogP contribution in [0.2, 0.25) is 0 Å². The standard InChI is InChI=1S/C7H10O/c1-6-3-2-4-7(8)5-6/h2,4,6H,3,5H2,1H3/t6-/m0/s1. The maximum atomic E-state index is 10.6. The van der Waals surface area contributed by atoms with Gasteiger partial charge in [0, 0.05) is 6.42 Å². The van der Waals surface area contributed by atoms with Gasteiger partial charge in [-0.3, -0.25) is 4.79 Å². The molecule has 0 amide bonds. The summed E-state index contributed by atoms with van der Waals surface area (Å²) in [6, 6.07) is 0. The van der Waals surface area contributed by atoms with Crippen molar-refractivity contribution in [3.05, 3.63) is 12.2 Å². The summed E-state index contributed by atoms with van der Waals surface area (Å²) >= 11 is 0. The normalized spacial score (nSPS) is 28.6. The third kappa shape index (κ3) is 1.19. The van der Waals surface area contributed by atoms with Crippen LogP contribution in [0.5, 0.6) is 0 Å². The molecule has 8 heavy (non-hydrogen) atoms. The highest BCUT2D eigenvalue weighted by molar-refractivity contribution is 5.90. The van der Waals surface area contributed by atoms with Gasteiger partial charge in [-0.1, -0.05) is 13.0 Å². The van der Waals surface area contributed by atoms with Gasteiger partial charge in [-0.05, 0) is 18.4 Å². The van der Waals surface area contributed by atoms with Gasteiger partial charge in [0.1, 0.15) is 0 Å². The van der Waals surface area contributed by atoms with Crippen LogP contribution in [-0.2, 0) is 4.79 Å². The van der Waals surface area contributed by atoms with Gasteiger partial charge < -0.3 is 0 Å². The fourth-order valence-corrected chi connectivity index (χ4v) is 0.927. The van der Waals surface area contributed by atoms with E-state index in [2.05, 4.69) is 6.92 Å². The predicted molar refractivity (Wildman–Crippen MR) is 32.5 cm³/mol. The largest absolute Gasteiger partial charge is 0.295 e. The van der Waals surface area contributed by atoms with E-state index >= 15 is 0 Å². The molecular formula is C7H10O. The number of hydrogen-bond acceptors (Lipinski definition) is 1. The Morgan fingerprint density at radius 2 is 2.50 bits per heavy atom. The molecule has 1 aliphatic carbocycles. The monoisotopic (exact) mass is 110 g/mol. The zero-order valence-electron chi connectivity index (χ0n) is 5.05. The molecule has 0 aromatic carbocycles. The Balaban J connectivity index is 2.54. The molecule has 1 atom stereocenters. The van der Waals surface area contributed by atoms with E-state index in [0.29, 0.717) is 5.92 Å². The van der Waals surface area contributed by atoms with E-state index in [9.17, 15) is 4.79 Å². The van der Waals surface area contributed by atoms with Crippen LogP contribution < -0.4 is 0 Å². The van der Waals surface area contributed by atoms with Gasteiger partial charge in [0.15, 0.2) is 5.78 Å². The van der Waals surface area contributed by atoms with Crippen LogP contribution in [0.15, 0.2) is 12.2 Å². The second kappa shape index (κ2) is 2.12. The molecule has 0 saturated carbocycles. The first-order chi connectivity index (χ1) is 3.79. The molecule has 44 valence electrons. The van der Waals surface area contributed by atoms with Crippen LogP contribution in [-0.4, -0.2) is 5.78 Å². The Labute approximate surface area is 49.4 Å². The first-order valence-corrected chi connectivity index (χ1v) is 2.98. The summed E-state index contributed by atoms with van der Waals surface area (Å²) in [5.74, 6) is 0.858. The van der Waals surface area contributed by atoms with E-state index in [4.69, 9.17) is 0 Å². The second-order valence-corrected chi connectivity index (χ2v) is 2.41. The van der Waals surface area contributed by atoms with Crippen molar-refractivity contribution in [2.24, 2.45) is 5.92 Å². The zero-order chi connectivity index (χ0) is 5.98. The van der Waals surface area contributed by atoms with E-state index in [-0.39, 0.29) is 5.78 Å². The van der Waals surface area contributed by atoms with Crippen LogP contribution in [0, 0.1) is 5.92 Å². The molecule has 0 unspecified atom stereocenters. The van der Waals surface area contributed by atoms with Gasteiger partial charge in [0.05, 0.1) is 0 Å². The van der Waals surface area contributed by atoms with E-state index in [1.807, 2.05) is 6.08 Å². The van der Waals surface area contributed by atoms with Gasteiger partial charge >= 0.3 is 0 Å². The Morgan fingerprint density at radius 3 is 2.88 bits per heavy atom. The molecule has 0 N–H and O–H groups in total. The molecule has 0 aromatic rings. The van der Waals surface area contributed by atoms with Crippen LogP contribution >= 0.6 is 0 Å². The van der Waals surface area contributed by atoms with Crippen molar-refractivity contribution in [3.8, 4) is 0 Å². The summed E-state index contributed by atoms with van der Waals surface area (Å²) in [6.07, 6.45) is 5.46. The average Bonchev–Trinajstić information content (AvgIpc) is 1.64. The molecular weight excluding hydrogens is 100 g/mol. The molecule has 0 fully saturated rings. The molecule has 1 heteroatoms. The molecule has 0 saturated heterocycles. The highest BCUT2D eigenvalue weighted by Gasteiger charge is 2.08. The van der Waals surface area contributed by atoms with Crippen molar-refractivity contribution in [1.82, 2.24) is 0 Å². The molecule has 0 aromatic heterocycles. The number of rotatable bonds is 0. The summed E-state index contributed by atoms with van der Waals surface area (Å²) in [5, 5.41) is 0. The molecule has 1 nitrogen and oxygen atoms in total. The molecule has 0 heterocycles. The summed E-state index contributed by atoms with van der Waals surface area (Å²) < 4.78 is 0. The predicted octanol–water partition coefficient (Wildman–Crippen LogP) is 1.54. The van der Waals surface area contributed by atoms with Gasteiger partial charge in [0.25, 0.3) is 0 Å². The van der Waals surface area contributed by atoms with E-state index in [1.54, 1.807) is 6.08 Å². The fourth-order valence-electron chi connectivity index (χ4n) is 0.927. The van der Waals surface area contributed by atoms with Crippen molar-refractivity contribution in [2.45, 2.75) is 19.8 Å². The van der Waals surface area contributed by atoms with Crippen molar-refractivity contribution in [3.63, 3.8) is 0 Å². The summed E-state index contributed by atoms with van der Waals surface area (Å²) in [4.78, 5) is 10.6. The maximum Gasteiger partial charge on any atom is 0.155 e. The molecule has 0 bridgehead atoms. The lowest BCUT2D eigenvalue weighted by Crippen LogP contribution is -2.05. The molecule has 1 rings (SSSR count). The zero-order valence-corrected chi connectivity index (χ0v) is 5.05. The molecule has 0 radical (unpaired) electrons.